The molecular weight excluding hydrogens is 391 g/mol. The minimum atomic E-state index is -3.31. The number of halogens is 1. The summed E-state index contributed by atoms with van der Waals surface area (Å²) < 4.78 is 46.4. The molecule has 2 aromatic rings. The van der Waals surface area contributed by atoms with Crippen molar-refractivity contribution >= 4 is 10.0 Å². The third-order valence-corrected chi connectivity index (χ3v) is 7.92. The minimum Gasteiger partial charge on any atom is -0.494 e. The molecule has 0 saturated carbocycles. The maximum Gasteiger partial charge on any atom is 0.218 e. The van der Waals surface area contributed by atoms with Crippen molar-refractivity contribution in [2.24, 2.45) is 5.41 Å². The molecule has 2 aromatic carbocycles. The van der Waals surface area contributed by atoms with Crippen LogP contribution in [0.25, 0.3) is 0 Å². The van der Waals surface area contributed by atoms with Gasteiger partial charge >= 0.3 is 0 Å². The molecule has 2 fully saturated rings. The Hall–Kier alpha value is -1.96. The van der Waals surface area contributed by atoms with Crippen molar-refractivity contribution in [3.05, 3.63) is 65.5 Å². The van der Waals surface area contributed by atoms with Gasteiger partial charge in [-0.2, -0.15) is 0 Å². The van der Waals surface area contributed by atoms with Gasteiger partial charge in [0, 0.05) is 26.2 Å². The molecule has 1 spiro atoms. The summed E-state index contributed by atoms with van der Waals surface area (Å²) in [6.07, 6.45) is 1.86. The lowest BCUT2D eigenvalue weighted by atomic mass is 9.86. The molecule has 1 unspecified atom stereocenters. The molecule has 2 aliphatic heterocycles. The zero-order chi connectivity index (χ0) is 20.5. The first-order chi connectivity index (χ1) is 13.9. The number of hydrogen-bond acceptors (Lipinski definition) is 4. The topological polar surface area (TPSA) is 49.9 Å². The summed E-state index contributed by atoms with van der Waals surface area (Å²) in [4.78, 5) is 2.30. The van der Waals surface area contributed by atoms with Crippen LogP contribution in [-0.2, 0) is 22.3 Å². The SMILES string of the molecule is COc1ccc(CN2CCC3(CCN(S(=O)(=O)Cc4ccccc4)C3)C2)cc1F. The van der Waals surface area contributed by atoms with E-state index in [1.54, 1.807) is 10.4 Å². The second kappa shape index (κ2) is 8.05. The van der Waals surface area contributed by atoms with E-state index in [1.165, 1.54) is 13.2 Å². The fraction of sp³-hybridized carbons (Fsp3) is 0.455. The van der Waals surface area contributed by atoms with E-state index in [0.29, 0.717) is 19.6 Å². The van der Waals surface area contributed by atoms with Gasteiger partial charge in [-0.3, -0.25) is 4.90 Å². The molecule has 0 N–H and O–H groups in total. The predicted molar refractivity (Wildman–Crippen MR) is 111 cm³/mol. The summed E-state index contributed by atoms with van der Waals surface area (Å²) in [7, 11) is -1.86. The molecule has 5 nitrogen and oxygen atoms in total. The quantitative estimate of drug-likeness (QED) is 0.723. The molecule has 4 rings (SSSR count). The minimum absolute atomic E-state index is 0.00870. The third kappa shape index (κ3) is 4.47. The van der Waals surface area contributed by atoms with Crippen LogP contribution in [0.2, 0.25) is 0 Å². The molecule has 0 aromatic heterocycles. The maximum absolute atomic E-state index is 14.0. The molecule has 2 heterocycles. The lowest BCUT2D eigenvalue weighted by Gasteiger charge is -2.25. The highest BCUT2D eigenvalue weighted by atomic mass is 32.2. The second-order valence-electron chi connectivity index (χ2n) is 8.25. The van der Waals surface area contributed by atoms with E-state index in [2.05, 4.69) is 4.90 Å². The van der Waals surface area contributed by atoms with Crippen LogP contribution in [0.3, 0.4) is 0 Å². The summed E-state index contributed by atoms with van der Waals surface area (Å²) in [6.45, 7) is 3.58. The molecule has 2 aliphatic rings. The van der Waals surface area contributed by atoms with Gasteiger partial charge in [0.05, 0.1) is 12.9 Å². The molecule has 156 valence electrons. The fourth-order valence-corrected chi connectivity index (χ4v) is 6.21. The summed E-state index contributed by atoms with van der Waals surface area (Å²) in [6, 6.07) is 14.4. The smallest absolute Gasteiger partial charge is 0.218 e. The molecule has 0 aliphatic carbocycles. The van der Waals surface area contributed by atoms with Crippen molar-refractivity contribution in [2.75, 3.05) is 33.3 Å². The molecule has 0 amide bonds. The van der Waals surface area contributed by atoms with Gasteiger partial charge in [-0.15, -0.1) is 0 Å². The Kier molecular flexibility index (Phi) is 5.64. The lowest BCUT2D eigenvalue weighted by molar-refractivity contribution is 0.260. The molecule has 0 bridgehead atoms. The third-order valence-electron chi connectivity index (χ3n) is 6.13. The van der Waals surface area contributed by atoms with Crippen molar-refractivity contribution in [3.63, 3.8) is 0 Å². The van der Waals surface area contributed by atoms with Crippen molar-refractivity contribution < 1.29 is 17.5 Å². The average molecular weight is 419 g/mol. The number of sulfonamides is 1. The predicted octanol–water partition coefficient (Wildman–Crippen LogP) is 3.26. The van der Waals surface area contributed by atoms with Gasteiger partial charge < -0.3 is 4.74 Å². The van der Waals surface area contributed by atoms with E-state index in [4.69, 9.17) is 4.74 Å². The molecule has 1 atom stereocenters. The summed E-state index contributed by atoms with van der Waals surface area (Å²) >= 11 is 0. The Morgan fingerprint density at radius 1 is 1.03 bits per heavy atom. The molecular formula is C22H27FN2O3S. The molecule has 0 radical (unpaired) electrons. The van der Waals surface area contributed by atoms with E-state index in [9.17, 15) is 12.8 Å². The van der Waals surface area contributed by atoms with Crippen molar-refractivity contribution in [1.82, 2.24) is 9.21 Å². The lowest BCUT2D eigenvalue weighted by Crippen LogP contribution is -2.34. The largest absolute Gasteiger partial charge is 0.494 e. The van der Waals surface area contributed by atoms with Gasteiger partial charge in [0.1, 0.15) is 0 Å². The van der Waals surface area contributed by atoms with Gasteiger partial charge in [0.15, 0.2) is 11.6 Å². The van der Waals surface area contributed by atoms with E-state index >= 15 is 0 Å². The summed E-state index contributed by atoms with van der Waals surface area (Å²) in [5.41, 5.74) is 1.74. The Morgan fingerprint density at radius 3 is 2.52 bits per heavy atom. The number of likely N-dealkylation sites (tertiary alicyclic amines) is 1. The summed E-state index contributed by atoms with van der Waals surface area (Å²) in [5.74, 6) is -0.0432. The first kappa shape index (κ1) is 20.3. The van der Waals surface area contributed by atoms with Crippen LogP contribution in [-0.4, -0.2) is 50.9 Å². The number of methoxy groups -OCH3 is 1. The number of ether oxygens (including phenoxy) is 1. The van der Waals surface area contributed by atoms with Gasteiger partial charge in [-0.05, 0) is 48.1 Å². The van der Waals surface area contributed by atoms with Crippen LogP contribution in [0.4, 0.5) is 4.39 Å². The zero-order valence-corrected chi connectivity index (χ0v) is 17.5. The Labute approximate surface area is 172 Å². The fourth-order valence-electron chi connectivity index (χ4n) is 4.57. The van der Waals surface area contributed by atoms with Gasteiger partial charge in [-0.25, -0.2) is 17.1 Å². The van der Waals surface area contributed by atoms with Crippen molar-refractivity contribution in [2.45, 2.75) is 25.1 Å². The monoisotopic (exact) mass is 418 g/mol. The molecule has 29 heavy (non-hydrogen) atoms. The van der Waals surface area contributed by atoms with Crippen LogP contribution < -0.4 is 4.74 Å². The van der Waals surface area contributed by atoms with Crippen LogP contribution in [0.1, 0.15) is 24.0 Å². The van der Waals surface area contributed by atoms with Crippen molar-refractivity contribution in [1.29, 1.82) is 0 Å². The first-order valence-electron chi connectivity index (χ1n) is 9.96. The Morgan fingerprint density at radius 2 is 1.79 bits per heavy atom. The number of nitrogens with zero attached hydrogens (tertiary/aromatic N) is 2. The van der Waals surface area contributed by atoms with E-state index < -0.39 is 10.0 Å². The zero-order valence-electron chi connectivity index (χ0n) is 16.7. The van der Waals surface area contributed by atoms with Crippen molar-refractivity contribution in [3.8, 4) is 5.75 Å². The van der Waals surface area contributed by atoms with Gasteiger partial charge in [0.2, 0.25) is 10.0 Å². The molecule has 2 saturated heterocycles. The molecule has 7 heteroatoms. The van der Waals surface area contributed by atoms with E-state index in [-0.39, 0.29) is 22.7 Å². The Bertz CT molecular complexity index is 967. The van der Waals surface area contributed by atoms with Gasteiger partial charge in [0.25, 0.3) is 0 Å². The van der Waals surface area contributed by atoms with Crippen LogP contribution in [0, 0.1) is 11.2 Å². The van der Waals surface area contributed by atoms with E-state index in [1.807, 2.05) is 36.4 Å². The highest BCUT2D eigenvalue weighted by Crippen LogP contribution is 2.41. The van der Waals surface area contributed by atoms with E-state index in [0.717, 1.165) is 37.1 Å². The standard InChI is InChI=1S/C22H27FN2O3S/c1-28-21-8-7-19(13-20(21)23)14-24-11-9-22(16-24)10-12-25(17-22)29(26,27)15-18-5-3-2-4-6-18/h2-8,13H,9-12,14-17H2,1H3. The van der Waals surface area contributed by atoms with Crippen LogP contribution in [0.15, 0.2) is 48.5 Å². The maximum atomic E-state index is 14.0. The Balaban J connectivity index is 1.38. The normalized spacial score (nSPS) is 23.1. The van der Waals surface area contributed by atoms with Gasteiger partial charge in [-0.1, -0.05) is 36.4 Å². The number of benzene rings is 2. The summed E-state index contributed by atoms with van der Waals surface area (Å²) in [5, 5.41) is 0. The first-order valence-corrected chi connectivity index (χ1v) is 11.6. The van der Waals surface area contributed by atoms with Crippen LogP contribution >= 0.6 is 0 Å². The highest BCUT2D eigenvalue weighted by Gasteiger charge is 2.46. The number of hydrogen-bond donors (Lipinski definition) is 0. The number of rotatable bonds is 6. The second-order valence-corrected chi connectivity index (χ2v) is 10.2. The average Bonchev–Trinajstić information content (AvgIpc) is 3.30. The highest BCUT2D eigenvalue weighted by molar-refractivity contribution is 7.88. The van der Waals surface area contributed by atoms with Crippen LogP contribution in [0.5, 0.6) is 5.75 Å².